The van der Waals surface area contributed by atoms with Crippen LogP contribution in [0.5, 0.6) is 0 Å². The second-order valence-electron chi connectivity index (χ2n) is 11.9. The van der Waals surface area contributed by atoms with Gasteiger partial charge in [-0.3, -0.25) is 30.2 Å². The van der Waals surface area contributed by atoms with E-state index in [1.54, 1.807) is 6.92 Å². The van der Waals surface area contributed by atoms with Crippen molar-refractivity contribution in [3.05, 3.63) is 41.7 Å². The number of benzene rings is 1. The van der Waals surface area contributed by atoms with E-state index < -0.39 is 42.7 Å². The molecule has 1 fully saturated rings. The molecule has 2 aliphatic rings. The molecule has 5 bridgehead atoms. The molecule has 10 nitrogen and oxygen atoms in total. The number of carbonyl (C=O) groups is 2. The Morgan fingerprint density at radius 3 is 2.54 bits per heavy atom. The number of esters is 1. The highest BCUT2D eigenvalue weighted by Crippen LogP contribution is 2.25. The first kappa shape index (κ1) is 31.3. The van der Waals surface area contributed by atoms with Crippen LogP contribution in [0, 0.1) is 5.92 Å². The number of nitrogens with zero attached hydrogens (tertiary/aromatic N) is 2. The number of aryl methyl sites for hydroxylation is 1. The van der Waals surface area contributed by atoms with E-state index in [0.717, 1.165) is 54.1 Å². The minimum absolute atomic E-state index is 0.00618. The lowest BCUT2D eigenvalue weighted by Crippen LogP contribution is -2.62. The van der Waals surface area contributed by atoms with E-state index in [1.807, 2.05) is 39.1 Å². The van der Waals surface area contributed by atoms with Gasteiger partial charge in [-0.1, -0.05) is 38.8 Å². The van der Waals surface area contributed by atoms with Crippen molar-refractivity contribution in [3.8, 4) is 0 Å². The van der Waals surface area contributed by atoms with Gasteiger partial charge < -0.3 is 14.9 Å². The van der Waals surface area contributed by atoms with Gasteiger partial charge in [0.25, 0.3) is 5.91 Å². The van der Waals surface area contributed by atoms with Crippen LogP contribution in [0.4, 0.5) is 0 Å². The average Bonchev–Trinajstić information content (AvgIpc) is 2.96. The third-order valence-electron chi connectivity index (χ3n) is 8.20. The van der Waals surface area contributed by atoms with E-state index in [-0.39, 0.29) is 11.8 Å². The fourth-order valence-electron chi connectivity index (χ4n) is 5.65. The van der Waals surface area contributed by atoms with Gasteiger partial charge in [0.05, 0.1) is 12.1 Å². The molecule has 1 aromatic heterocycles. The van der Waals surface area contributed by atoms with Crippen molar-refractivity contribution in [2.75, 3.05) is 6.54 Å². The first-order valence-electron chi connectivity index (χ1n) is 15.2. The molecule has 0 aliphatic carbocycles. The largest absolute Gasteiger partial charge is 0.457 e. The second kappa shape index (κ2) is 14.5. The number of fused-ring (bicyclic) bond motifs is 4. The lowest BCUT2D eigenvalue weighted by atomic mass is 10.0. The normalized spacial score (nSPS) is 30.0. The van der Waals surface area contributed by atoms with Crippen molar-refractivity contribution in [2.24, 2.45) is 5.92 Å². The molecular weight excluding hydrogens is 522 g/mol. The molecule has 0 saturated carbocycles. The lowest BCUT2D eigenvalue weighted by Gasteiger charge is -2.36. The molecule has 2 aliphatic heterocycles. The Kier molecular flexibility index (Phi) is 11.1. The molecular formula is C31H47N5O5. The SMILES string of the molecule is CC1NC(O)C(C(C)C)NC(O)CCCCCCc2cc3cc(ccc3cn2)C(C)OC(=O)C2CCCN(N2)C1=O. The maximum Gasteiger partial charge on any atom is 0.325 e. The number of rotatable bonds is 1. The summed E-state index contributed by atoms with van der Waals surface area (Å²) in [5.74, 6) is -0.670. The van der Waals surface area contributed by atoms with Gasteiger partial charge in [0.1, 0.15) is 24.6 Å². The minimum atomic E-state index is -1.05. The number of hydrogen-bond donors (Lipinski definition) is 5. The fraction of sp³-hybridized carbons (Fsp3) is 0.645. The van der Waals surface area contributed by atoms with Gasteiger partial charge in [-0.25, -0.2) is 5.43 Å². The highest BCUT2D eigenvalue weighted by Gasteiger charge is 2.34. The van der Waals surface area contributed by atoms with Crippen LogP contribution < -0.4 is 16.1 Å². The molecule has 41 heavy (non-hydrogen) atoms. The number of amides is 1. The van der Waals surface area contributed by atoms with Gasteiger partial charge in [0, 0.05) is 23.8 Å². The van der Waals surface area contributed by atoms with Crippen LogP contribution in [0.15, 0.2) is 30.5 Å². The summed E-state index contributed by atoms with van der Waals surface area (Å²) < 4.78 is 5.85. The topological polar surface area (TPSA) is 136 Å². The van der Waals surface area contributed by atoms with Crippen molar-refractivity contribution in [3.63, 3.8) is 0 Å². The number of aliphatic hydroxyl groups excluding tert-OH is 2. The highest BCUT2D eigenvalue weighted by molar-refractivity contribution is 5.84. The first-order chi connectivity index (χ1) is 19.6. The molecule has 2 aromatic rings. The summed E-state index contributed by atoms with van der Waals surface area (Å²) in [6.45, 7) is 7.92. The number of cyclic esters (lactones) is 1. The van der Waals surface area contributed by atoms with Gasteiger partial charge in [-0.2, -0.15) is 0 Å². The number of pyridine rings is 1. The number of ether oxygens (including phenoxy) is 1. The van der Waals surface area contributed by atoms with E-state index >= 15 is 0 Å². The maximum atomic E-state index is 13.3. The zero-order valence-corrected chi connectivity index (χ0v) is 24.8. The lowest BCUT2D eigenvalue weighted by molar-refractivity contribution is -0.156. The summed E-state index contributed by atoms with van der Waals surface area (Å²) in [7, 11) is 0. The predicted molar refractivity (Wildman–Crippen MR) is 157 cm³/mol. The maximum absolute atomic E-state index is 13.3. The van der Waals surface area contributed by atoms with Crippen LogP contribution >= 0.6 is 0 Å². The quantitative estimate of drug-likeness (QED) is 0.328. The second-order valence-corrected chi connectivity index (χ2v) is 11.9. The number of carbonyl (C=O) groups excluding carboxylic acids is 2. The molecule has 3 heterocycles. The van der Waals surface area contributed by atoms with E-state index in [0.29, 0.717) is 25.8 Å². The summed E-state index contributed by atoms with van der Waals surface area (Å²) in [5.41, 5.74) is 4.98. The Bertz CT molecular complexity index is 1180. The van der Waals surface area contributed by atoms with Gasteiger partial charge in [0.2, 0.25) is 0 Å². The van der Waals surface area contributed by atoms with Crippen LogP contribution in [0.25, 0.3) is 10.8 Å². The highest BCUT2D eigenvalue weighted by atomic mass is 16.5. The Labute approximate surface area is 243 Å². The molecule has 0 radical (unpaired) electrons. The third-order valence-corrected chi connectivity index (χ3v) is 8.20. The first-order valence-corrected chi connectivity index (χ1v) is 15.2. The number of aliphatic hydroxyl groups is 2. The standard InChI is InChI=1S/C31H47N5O5/c1-19(2)28-29(38)33-20(3)30(39)36-15-9-11-26(35-36)31(40)41-21(4)22-13-14-23-18-32-25(17-24(23)16-22)10-7-5-6-8-12-27(37)34-28/h13-14,16-21,26-29,33-35,37-38H,5-12,15H2,1-4H3. The average molecular weight is 570 g/mol. The summed E-state index contributed by atoms with van der Waals surface area (Å²) in [5, 5.41) is 31.3. The number of aromatic nitrogens is 1. The monoisotopic (exact) mass is 569 g/mol. The smallest absolute Gasteiger partial charge is 0.325 e. The van der Waals surface area contributed by atoms with Gasteiger partial charge in [-0.15, -0.1) is 0 Å². The van der Waals surface area contributed by atoms with Crippen LogP contribution in [-0.2, 0) is 20.7 Å². The van der Waals surface area contributed by atoms with Crippen LogP contribution in [0.2, 0.25) is 0 Å². The molecule has 226 valence electrons. The predicted octanol–water partition coefficient (Wildman–Crippen LogP) is 3.07. The molecule has 10 heteroatoms. The van der Waals surface area contributed by atoms with Crippen molar-refractivity contribution >= 4 is 22.6 Å². The van der Waals surface area contributed by atoms with E-state index in [9.17, 15) is 19.8 Å². The summed E-state index contributed by atoms with van der Waals surface area (Å²) in [6, 6.07) is 6.31. The molecule has 0 spiro atoms. The van der Waals surface area contributed by atoms with Crippen molar-refractivity contribution in [1.82, 2.24) is 26.1 Å². The Morgan fingerprint density at radius 2 is 1.76 bits per heavy atom. The van der Waals surface area contributed by atoms with E-state index in [1.165, 1.54) is 5.01 Å². The number of nitrogens with one attached hydrogen (secondary N) is 3. The van der Waals surface area contributed by atoms with Crippen molar-refractivity contribution < 1.29 is 24.5 Å². The van der Waals surface area contributed by atoms with Gasteiger partial charge in [-0.05, 0) is 81.4 Å². The van der Waals surface area contributed by atoms with E-state index in [2.05, 4.69) is 33.2 Å². The van der Waals surface area contributed by atoms with Crippen molar-refractivity contribution in [1.29, 1.82) is 0 Å². The van der Waals surface area contributed by atoms with Crippen molar-refractivity contribution in [2.45, 2.75) is 116 Å². The Morgan fingerprint density at radius 1 is 0.976 bits per heavy atom. The summed E-state index contributed by atoms with van der Waals surface area (Å²) in [4.78, 5) is 31.0. The number of hydrazine groups is 1. The van der Waals surface area contributed by atoms with Crippen LogP contribution in [0.1, 0.15) is 90.0 Å². The third kappa shape index (κ3) is 8.45. The zero-order valence-electron chi connectivity index (χ0n) is 24.8. The van der Waals surface area contributed by atoms with Gasteiger partial charge in [0.15, 0.2) is 0 Å². The van der Waals surface area contributed by atoms with Gasteiger partial charge >= 0.3 is 5.97 Å². The molecule has 4 rings (SSSR count). The molecule has 1 aromatic carbocycles. The zero-order chi connectivity index (χ0) is 29.5. The molecule has 1 amide bonds. The Balaban J connectivity index is 1.52. The Hall–Kier alpha value is -2.63. The van der Waals surface area contributed by atoms with Crippen LogP contribution in [-0.4, -0.2) is 69.2 Å². The molecule has 5 N–H and O–H groups in total. The molecule has 6 unspecified atom stereocenters. The fourth-order valence-corrected chi connectivity index (χ4v) is 5.65. The molecule has 1 saturated heterocycles. The van der Waals surface area contributed by atoms with Crippen LogP contribution in [0.3, 0.4) is 0 Å². The minimum Gasteiger partial charge on any atom is -0.457 e. The summed E-state index contributed by atoms with van der Waals surface area (Å²) in [6.07, 6.45) is 6.18. The number of hydrogen-bond acceptors (Lipinski definition) is 9. The summed E-state index contributed by atoms with van der Waals surface area (Å²) >= 11 is 0. The van der Waals surface area contributed by atoms with E-state index in [4.69, 9.17) is 4.74 Å². The molecule has 6 atom stereocenters.